The van der Waals surface area contributed by atoms with Crippen molar-refractivity contribution < 1.29 is 15.0 Å². The monoisotopic (exact) mass is 384 g/mol. The van der Waals surface area contributed by atoms with Crippen molar-refractivity contribution in [2.24, 2.45) is 5.41 Å². The second kappa shape index (κ2) is 6.20. The number of halogens is 1. The average Bonchev–Trinajstić information content (AvgIpc) is 2.72. The number of ketones is 1. The van der Waals surface area contributed by atoms with Crippen molar-refractivity contribution in [2.75, 3.05) is 10.6 Å². The van der Waals surface area contributed by atoms with Gasteiger partial charge >= 0.3 is 0 Å². The molecule has 2 aromatic carbocycles. The van der Waals surface area contributed by atoms with Crippen LogP contribution in [-0.4, -0.2) is 16.0 Å². The van der Waals surface area contributed by atoms with Gasteiger partial charge in [-0.2, -0.15) is 0 Å². The molecule has 4 rings (SSSR count). The zero-order valence-corrected chi connectivity index (χ0v) is 15.9. The van der Waals surface area contributed by atoms with E-state index in [9.17, 15) is 15.0 Å². The van der Waals surface area contributed by atoms with Gasteiger partial charge in [-0.3, -0.25) is 4.79 Å². The molecule has 5 nitrogen and oxygen atoms in total. The second-order valence-corrected chi connectivity index (χ2v) is 8.38. The fourth-order valence-corrected chi connectivity index (χ4v) is 4.10. The van der Waals surface area contributed by atoms with Crippen molar-refractivity contribution >= 4 is 28.8 Å². The van der Waals surface area contributed by atoms with Crippen LogP contribution < -0.4 is 10.6 Å². The Morgan fingerprint density at radius 1 is 1.11 bits per heavy atom. The van der Waals surface area contributed by atoms with Gasteiger partial charge in [0.2, 0.25) is 0 Å². The molecule has 0 saturated carbocycles. The summed E-state index contributed by atoms with van der Waals surface area (Å²) in [5.74, 6) is -0.429. The Hall–Kier alpha value is -2.66. The smallest absolute Gasteiger partial charge is 0.163 e. The molecule has 1 unspecified atom stereocenters. The number of phenolic OH excluding ortho intramolecular Hbond substituents is 2. The van der Waals surface area contributed by atoms with E-state index in [4.69, 9.17) is 11.6 Å². The molecule has 2 aromatic rings. The van der Waals surface area contributed by atoms with Gasteiger partial charge in [-0.05, 0) is 36.1 Å². The summed E-state index contributed by atoms with van der Waals surface area (Å²) in [5.41, 5.74) is 3.26. The van der Waals surface area contributed by atoms with Crippen LogP contribution in [0.25, 0.3) is 0 Å². The van der Waals surface area contributed by atoms with Crippen molar-refractivity contribution in [3.63, 3.8) is 0 Å². The van der Waals surface area contributed by atoms with Gasteiger partial charge < -0.3 is 20.8 Å². The van der Waals surface area contributed by atoms with E-state index in [0.29, 0.717) is 29.0 Å². The van der Waals surface area contributed by atoms with E-state index < -0.39 is 6.04 Å². The standard InChI is InChI=1S/C21H21ClN2O3/c1-21(2)9-15-18(17(26)10-21)19(12-4-3-5-16(25)20(12)27)24-14-8-11(22)6-7-13(14)23-15/h3-8,19,23-25,27H,9-10H2,1-2H3. The third-order valence-electron chi connectivity index (χ3n) is 5.13. The highest BCUT2D eigenvalue weighted by molar-refractivity contribution is 6.31. The molecular weight excluding hydrogens is 364 g/mol. The number of phenols is 2. The lowest BCUT2D eigenvalue weighted by Gasteiger charge is -2.34. The number of Topliss-reactive ketones (excluding diaryl/α,β-unsaturated/α-hetero) is 1. The Bertz CT molecular complexity index is 981. The summed E-state index contributed by atoms with van der Waals surface area (Å²) < 4.78 is 0. The SMILES string of the molecule is CC1(C)CC(=O)C2=C(C1)Nc1ccc(Cl)cc1NC2c1cccc(O)c1O. The lowest BCUT2D eigenvalue weighted by molar-refractivity contribution is -0.118. The topological polar surface area (TPSA) is 81.6 Å². The van der Waals surface area contributed by atoms with Crippen LogP contribution in [0.5, 0.6) is 11.5 Å². The summed E-state index contributed by atoms with van der Waals surface area (Å²) in [6.45, 7) is 4.14. The highest BCUT2D eigenvalue weighted by Crippen LogP contribution is 2.48. The van der Waals surface area contributed by atoms with Crippen LogP contribution in [0, 0.1) is 5.41 Å². The fraction of sp³-hybridized carbons (Fsp3) is 0.286. The summed E-state index contributed by atoms with van der Waals surface area (Å²) in [6, 6.07) is 9.62. The van der Waals surface area contributed by atoms with Gasteiger partial charge in [-0.1, -0.05) is 37.6 Å². The Kier molecular flexibility index (Phi) is 4.07. The Labute approximate surface area is 162 Å². The van der Waals surface area contributed by atoms with E-state index in [1.165, 1.54) is 6.07 Å². The van der Waals surface area contributed by atoms with Crippen molar-refractivity contribution in [2.45, 2.75) is 32.7 Å². The molecule has 1 aliphatic heterocycles. The van der Waals surface area contributed by atoms with Gasteiger partial charge in [0, 0.05) is 28.3 Å². The predicted molar refractivity (Wildman–Crippen MR) is 106 cm³/mol. The number of benzene rings is 2. The molecule has 1 heterocycles. The van der Waals surface area contributed by atoms with E-state index in [1.54, 1.807) is 24.3 Å². The first-order chi connectivity index (χ1) is 12.7. The number of nitrogens with one attached hydrogen (secondary N) is 2. The van der Waals surface area contributed by atoms with Crippen molar-refractivity contribution in [1.29, 1.82) is 0 Å². The molecule has 0 saturated heterocycles. The zero-order valence-electron chi connectivity index (χ0n) is 15.1. The molecule has 0 fully saturated rings. The van der Waals surface area contributed by atoms with Crippen LogP contribution in [0.15, 0.2) is 47.7 Å². The zero-order chi connectivity index (χ0) is 19.3. The normalized spacial score (nSPS) is 20.9. The van der Waals surface area contributed by atoms with Gasteiger partial charge in [0.25, 0.3) is 0 Å². The van der Waals surface area contributed by atoms with E-state index >= 15 is 0 Å². The van der Waals surface area contributed by atoms with Crippen molar-refractivity contribution in [3.8, 4) is 11.5 Å². The second-order valence-electron chi connectivity index (χ2n) is 7.94. The molecule has 1 aliphatic carbocycles. The van der Waals surface area contributed by atoms with Crippen LogP contribution in [0.2, 0.25) is 5.02 Å². The predicted octanol–water partition coefficient (Wildman–Crippen LogP) is 4.97. The highest BCUT2D eigenvalue weighted by atomic mass is 35.5. The minimum atomic E-state index is -0.595. The number of para-hydroxylation sites is 1. The molecule has 27 heavy (non-hydrogen) atoms. The first-order valence-corrected chi connectivity index (χ1v) is 9.23. The third kappa shape index (κ3) is 3.12. The minimum absolute atomic E-state index is 0.0212. The molecule has 0 radical (unpaired) electrons. The summed E-state index contributed by atoms with van der Waals surface area (Å²) in [6.07, 6.45) is 1.12. The van der Waals surface area contributed by atoms with E-state index in [2.05, 4.69) is 24.5 Å². The third-order valence-corrected chi connectivity index (χ3v) is 5.37. The van der Waals surface area contributed by atoms with Gasteiger partial charge in [0.1, 0.15) is 0 Å². The maximum absolute atomic E-state index is 13.1. The molecule has 140 valence electrons. The molecule has 0 spiro atoms. The van der Waals surface area contributed by atoms with Crippen LogP contribution in [0.1, 0.15) is 38.3 Å². The van der Waals surface area contributed by atoms with Crippen molar-refractivity contribution in [1.82, 2.24) is 0 Å². The number of fused-ring (bicyclic) bond motifs is 1. The molecule has 1 atom stereocenters. The number of hydrogen-bond acceptors (Lipinski definition) is 5. The van der Waals surface area contributed by atoms with Crippen LogP contribution in [0.3, 0.4) is 0 Å². The molecule has 4 N–H and O–H groups in total. The van der Waals surface area contributed by atoms with Gasteiger partial charge in [0.05, 0.1) is 17.4 Å². The molecule has 2 aliphatic rings. The molecular formula is C21H21ClN2O3. The highest BCUT2D eigenvalue weighted by Gasteiger charge is 2.39. The average molecular weight is 385 g/mol. The molecule has 6 heteroatoms. The Morgan fingerprint density at radius 3 is 2.67 bits per heavy atom. The largest absolute Gasteiger partial charge is 0.504 e. The quantitative estimate of drug-likeness (QED) is 0.522. The molecule has 0 bridgehead atoms. The van der Waals surface area contributed by atoms with Crippen LogP contribution >= 0.6 is 11.6 Å². The summed E-state index contributed by atoms with van der Waals surface area (Å²) in [7, 11) is 0. The maximum Gasteiger partial charge on any atom is 0.163 e. The number of carbonyl (C=O) groups is 1. The lowest BCUT2D eigenvalue weighted by Crippen LogP contribution is -2.31. The van der Waals surface area contributed by atoms with Crippen LogP contribution in [-0.2, 0) is 4.79 Å². The maximum atomic E-state index is 13.1. The van der Waals surface area contributed by atoms with E-state index in [1.807, 2.05) is 6.07 Å². The Morgan fingerprint density at radius 2 is 1.89 bits per heavy atom. The van der Waals surface area contributed by atoms with Crippen LogP contribution in [0.4, 0.5) is 11.4 Å². The number of hydrogen-bond donors (Lipinski definition) is 4. The number of allylic oxidation sites excluding steroid dienone is 1. The van der Waals surface area contributed by atoms with E-state index in [-0.39, 0.29) is 22.7 Å². The fourth-order valence-electron chi connectivity index (χ4n) is 3.93. The molecule has 0 aromatic heterocycles. The van der Waals surface area contributed by atoms with Crippen molar-refractivity contribution in [3.05, 3.63) is 58.3 Å². The summed E-state index contributed by atoms with van der Waals surface area (Å²) in [4.78, 5) is 13.1. The first kappa shape index (κ1) is 17.7. The number of aromatic hydroxyl groups is 2. The summed E-state index contributed by atoms with van der Waals surface area (Å²) in [5, 5.41) is 27.7. The van der Waals surface area contributed by atoms with Gasteiger partial charge in [0.15, 0.2) is 17.3 Å². The van der Waals surface area contributed by atoms with E-state index in [0.717, 1.165) is 17.1 Å². The molecule has 0 amide bonds. The summed E-state index contributed by atoms with van der Waals surface area (Å²) >= 11 is 6.17. The number of carbonyl (C=O) groups excluding carboxylic acids is 1. The van der Waals surface area contributed by atoms with Gasteiger partial charge in [-0.15, -0.1) is 0 Å². The Balaban J connectivity index is 1.94. The number of anilines is 2. The van der Waals surface area contributed by atoms with Gasteiger partial charge in [-0.25, -0.2) is 0 Å². The number of rotatable bonds is 1. The minimum Gasteiger partial charge on any atom is -0.504 e. The lowest BCUT2D eigenvalue weighted by atomic mass is 9.73. The first-order valence-electron chi connectivity index (χ1n) is 8.85.